The van der Waals surface area contributed by atoms with Crippen LogP contribution in [-0.2, 0) is 0 Å². The standard InChI is InChI=1S/C13H16ClFN2O2/c14-11-6-10(15)3-4-12(11)16-13(19)17-5-1-2-9(7-17)8-18/h3-4,6,9,18H,1-2,5,7-8H2,(H,16,19). The largest absolute Gasteiger partial charge is 0.396 e. The quantitative estimate of drug-likeness (QED) is 0.878. The molecule has 1 aliphatic heterocycles. The molecular weight excluding hydrogens is 271 g/mol. The third kappa shape index (κ3) is 3.58. The van der Waals surface area contributed by atoms with Crippen LogP contribution in [0, 0.1) is 11.7 Å². The van der Waals surface area contributed by atoms with Crippen molar-refractivity contribution in [2.45, 2.75) is 12.8 Å². The number of carbonyl (C=O) groups is 1. The summed E-state index contributed by atoms with van der Waals surface area (Å²) < 4.78 is 12.9. The van der Waals surface area contributed by atoms with Crippen LogP contribution in [0.5, 0.6) is 0 Å². The van der Waals surface area contributed by atoms with Gasteiger partial charge in [-0.2, -0.15) is 0 Å². The van der Waals surface area contributed by atoms with Gasteiger partial charge in [-0.05, 0) is 37.0 Å². The normalized spacial score (nSPS) is 19.3. The molecule has 1 unspecified atom stereocenters. The first-order chi connectivity index (χ1) is 9.10. The second kappa shape index (κ2) is 6.21. The van der Waals surface area contributed by atoms with Crippen LogP contribution in [0.3, 0.4) is 0 Å². The maximum atomic E-state index is 12.9. The molecule has 1 atom stereocenters. The molecule has 0 aliphatic carbocycles. The summed E-state index contributed by atoms with van der Waals surface area (Å²) in [5.74, 6) is -0.315. The van der Waals surface area contributed by atoms with Gasteiger partial charge in [0.25, 0.3) is 0 Å². The average Bonchev–Trinajstić information content (AvgIpc) is 2.42. The van der Waals surface area contributed by atoms with Gasteiger partial charge in [0.1, 0.15) is 5.82 Å². The van der Waals surface area contributed by atoms with Crippen molar-refractivity contribution in [3.8, 4) is 0 Å². The maximum absolute atomic E-state index is 12.9. The molecule has 0 spiro atoms. The number of benzene rings is 1. The monoisotopic (exact) mass is 286 g/mol. The topological polar surface area (TPSA) is 52.6 Å². The minimum absolute atomic E-state index is 0.0844. The van der Waals surface area contributed by atoms with E-state index in [1.54, 1.807) is 4.90 Å². The number of nitrogens with one attached hydrogen (secondary N) is 1. The van der Waals surface area contributed by atoms with E-state index in [1.807, 2.05) is 0 Å². The van der Waals surface area contributed by atoms with E-state index in [4.69, 9.17) is 16.7 Å². The van der Waals surface area contributed by atoms with Crippen molar-refractivity contribution in [2.75, 3.05) is 25.0 Å². The van der Waals surface area contributed by atoms with Crippen molar-refractivity contribution in [2.24, 2.45) is 5.92 Å². The summed E-state index contributed by atoms with van der Waals surface area (Å²) >= 11 is 5.86. The Morgan fingerprint density at radius 2 is 2.37 bits per heavy atom. The fraction of sp³-hybridized carbons (Fsp3) is 0.462. The van der Waals surface area contributed by atoms with Gasteiger partial charge in [-0.3, -0.25) is 0 Å². The highest BCUT2D eigenvalue weighted by Crippen LogP contribution is 2.23. The molecule has 1 aliphatic rings. The number of hydrogen-bond acceptors (Lipinski definition) is 2. The van der Waals surface area contributed by atoms with E-state index in [9.17, 15) is 9.18 Å². The van der Waals surface area contributed by atoms with Crippen molar-refractivity contribution in [1.29, 1.82) is 0 Å². The lowest BCUT2D eigenvalue weighted by Gasteiger charge is -2.31. The van der Waals surface area contributed by atoms with E-state index in [0.29, 0.717) is 18.8 Å². The van der Waals surface area contributed by atoms with E-state index >= 15 is 0 Å². The third-order valence-corrected chi connectivity index (χ3v) is 3.55. The Bertz CT molecular complexity index is 470. The lowest BCUT2D eigenvalue weighted by Crippen LogP contribution is -2.43. The van der Waals surface area contributed by atoms with Gasteiger partial charge in [0.05, 0.1) is 10.7 Å². The van der Waals surface area contributed by atoms with Crippen molar-refractivity contribution in [1.82, 2.24) is 4.90 Å². The van der Waals surface area contributed by atoms with Gasteiger partial charge in [-0.25, -0.2) is 9.18 Å². The van der Waals surface area contributed by atoms with Crippen LogP contribution in [0.2, 0.25) is 5.02 Å². The number of aliphatic hydroxyl groups excluding tert-OH is 1. The van der Waals surface area contributed by atoms with Gasteiger partial charge >= 0.3 is 6.03 Å². The van der Waals surface area contributed by atoms with E-state index in [2.05, 4.69) is 5.32 Å². The van der Waals surface area contributed by atoms with Crippen molar-refractivity contribution < 1.29 is 14.3 Å². The molecule has 0 saturated carbocycles. The third-order valence-electron chi connectivity index (χ3n) is 3.24. The zero-order chi connectivity index (χ0) is 13.8. The lowest BCUT2D eigenvalue weighted by molar-refractivity contribution is 0.136. The first kappa shape index (κ1) is 14.1. The number of urea groups is 1. The molecule has 6 heteroatoms. The predicted octanol–water partition coefficient (Wildman–Crippen LogP) is 2.72. The molecular formula is C13H16ClFN2O2. The highest BCUT2D eigenvalue weighted by molar-refractivity contribution is 6.33. The smallest absolute Gasteiger partial charge is 0.321 e. The molecule has 2 rings (SSSR count). The van der Waals surface area contributed by atoms with Crippen molar-refractivity contribution in [3.63, 3.8) is 0 Å². The van der Waals surface area contributed by atoms with Gasteiger partial charge in [0.15, 0.2) is 0 Å². The van der Waals surface area contributed by atoms with Crippen molar-refractivity contribution in [3.05, 3.63) is 29.0 Å². The molecule has 1 aromatic carbocycles. The van der Waals surface area contributed by atoms with Gasteiger partial charge in [0.2, 0.25) is 0 Å². The Balaban J connectivity index is 2.00. The molecule has 1 fully saturated rings. The maximum Gasteiger partial charge on any atom is 0.321 e. The SMILES string of the molecule is O=C(Nc1ccc(F)cc1Cl)N1CCCC(CO)C1. The molecule has 0 radical (unpaired) electrons. The van der Waals surface area contributed by atoms with Crippen LogP contribution < -0.4 is 5.32 Å². The molecule has 0 aromatic heterocycles. The highest BCUT2D eigenvalue weighted by atomic mass is 35.5. The number of aliphatic hydroxyl groups is 1. The first-order valence-electron chi connectivity index (χ1n) is 6.22. The minimum atomic E-state index is -0.443. The summed E-state index contributed by atoms with van der Waals surface area (Å²) in [5.41, 5.74) is 0.388. The van der Waals surface area contributed by atoms with Gasteiger partial charge in [-0.1, -0.05) is 11.6 Å². The van der Waals surface area contributed by atoms with Crippen molar-refractivity contribution >= 4 is 23.3 Å². The lowest BCUT2D eigenvalue weighted by atomic mass is 9.99. The Labute approximate surface area is 116 Å². The number of carbonyl (C=O) groups excluding carboxylic acids is 1. The fourth-order valence-corrected chi connectivity index (χ4v) is 2.40. The van der Waals surface area contributed by atoms with E-state index in [1.165, 1.54) is 12.1 Å². The number of nitrogens with zero attached hydrogens (tertiary/aromatic N) is 1. The number of piperidine rings is 1. The number of hydrogen-bond donors (Lipinski definition) is 2. The summed E-state index contributed by atoms with van der Waals surface area (Å²) in [6.45, 7) is 1.27. The van der Waals surface area contributed by atoms with Crippen LogP contribution >= 0.6 is 11.6 Å². The summed E-state index contributed by atoms with van der Waals surface area (Å²) in [5, 5.41) is 12.0. The molecule has 4 nitrogen and oxygen atoms in total. The summed E-state index contributed by atoms with van der Waals surface area (Å²) in [4.78, 5) is 13.7. The summed E-state index contributed by atoms with van der Waals surface area (Å²) in [6, 6.07) is 3.56. The van der Waals surface area contributed by atoms with Crippen LogP contribution in [-0.4, -0.2) is 35.7 Å². The second-order valence-electron chi connectivity index (χ2n) is 4.69. The Morgan fingerprint density at radius 1 is 1.58 bits per heavy atom. The molecule has 1 aromatic rings. The number of halogens is 2. The molecule has 1 heterocycles. The van der Waals surface area contributed by atoms with Crippen LogP contribution in [0.1, 0.15) is 12.8 Å². The first-order valence-corrected chi connectivity index (χ1v) is 6.60. The summed E-state index contributed by atoms with van der Waals surface area (Å²) in [7, 11) is 0. The molecule has 2 N–H and O–H groups in total. The Morgan fingerprint density at radius 3 is 3.05 bits per heavy atom. The second-order valence-corrected chi connectivity index (χ2v) is 5.10. The number of anilines is 1. The van der Waals surface area contributed by atoms with Gasteiger partial charge in [-0.15, -0.1) is 0 Å². The van der Waals surface area contributed by atoms with E-state index < -0.39 is 5.82 Å². The predicted molar refractivity (Wildman–Crippen MR) is 71.8 cm³/mol. The fourth-order valence-electron chi connectivity index (χ4n) is 2.18. The van der Waals surface area contributed by atoms with Gasteiger partial charge in [0, 0.05) is 19.7 Å². The molecule has 2 amide bonds. The Hall–Kier alpha value is -1.33. The van der Waals surface area contributed by atoms with Gasteiger partial charge < -0.3 is 15.3 Å². The van der Waals surface area contributed by atoms with Crippen LogP contribution in [0.25, 0.3) is 0 Å². The zero-order valence-corrected chi connectivity index (χ0v) is 11.2. The number of likely N-dealkylation sites (tertiary alicyclic amines) is 1. The van der Waals surface area contributed by atoms with Crippen LogP contribution in [0.15, 0.2) is 18.2 Å². The zero-order valence-electron chi connectivity index (χ0n) is 10.4. The Kier molecular flexibility index (Phi) is 4.61. The number of amides is 2. The summed E-state index contributed by atoms with van der Waals surface area (Å²) in [6.07, 6.45) is 1.80. The molecule has 104 valence electrons. The minimum Gasteiger partial charge on any atom is -0.396 e. The molecule has 0 bridgehead atoms. The molecule has 19 heavy (non-hydrogen) atoms. The van der Waals surface area contributed by atoms with E-state index in [-0.39, 0.29) is 23.6 Å². The number of rotatable bonds is 2. The average molecular weight is 287 g/mol. The van der Waals surface area contributed by atoms with Crippen LogP contribution in [0.4, 0.5) is 14.9 Å². The highest BCUT2D eigenvalue weighted by Gasteiger charge is 2.23. The van der Waals surface area contributed by atoms with E-state index in [0.717, 1.165) is 18.9 Å². The molecule has 1 saturated heterocycles.